The van der Waals surface area contributed by atoms with E-state index in [0.717, 1.165) is 0 Å². The van der Waals surface area contributed by atoms with Crippen LogP contribution < -0.4 is 10.6 Å². The quantitative estimate of drug-likeness (QED) is 0.686. The van der Waals surface area contributed by atoms with Gasteiger partial charge in [0.2, 0.25) is 5.91 Å². The number of amides is 3. The first-order chi connectivity index (χ1) is 14.8. The highest BCUT2D eigenvalue weighted by Crippen LogP contribution is 2.23. The zero-order valence-corrected chi connectivity index (χ0v) is 18.6. The second-order valence-corrected chi connectivity index (χ2v) is 9.15. The summed E-state index contributed by atoms with van der Waals surface area (Å²) in [5.41, 5.74) is 0.442. The van der Waals surface area contributed by atoms with E-state index in [4.69, 9.17) is 0 Å². The molecule has 1 aromatic carbocycles. The standard InChI is InChI=1S/C23H28FN3O3S/c1-15(2)14-25-22(29)20(26-21(28)19-4-3-13-31-19)16-9-11-27(12-10-16)23(30)17-5-7-18(24)8-6-17/h3-8,13,15-16,20H,9-12,14H2,1-2H3,(H,25,29)(H,26,28)/t20-/m1/s1. The molecule has 6 nitrogen and oxygen atoms in total. The molecule has 1 atom stereocenters. The second kappa shape index (κ2) is 10.5. The average Bonchev–Trinajstić information content (AvgIpc) is 3.31. The normalized spacial score (nSPS) is 15.5. The fraction of sp³-hybridized carbons (Fsp3) is 0.435. The lowest BCUT2D eigenvalue weighted by molar-refractivity contribution is -0.124. The van der Waals surface area contributed by atoms with E-state index in [0.29, 0.717) is 48.8 Å². The molecule has 1 aromatic heterocycles. The monoisotopic (exact) mass is 445 g/mol. The Hall–Kier alpha value is -2.74. The molecule has 1 aliphatic rings. The number of nitrogens with one attached hydrogen (secondary N) is 2. The van der Waals surface area contributed by atoms with Gasteiger partial charge in [-0.25, -0.2) is 4.39 Å². The summed E-state index contributed by atoms with van der Waals surface area (Å²) in [7, 11) is 0. The van der Waals surface area contributed by atoms with Crippen molar-refractivity contribution >= 4 is 29.1 Å². The Bertz CT molecular complexity index is 891. The molecule has 0 aliphatic carbocycles. The van der Waals surface area contributed by atoms with Crippen molar-refractivity contribution in [2.24, 2.45) is 11.8 Å². The van der Waals surface area contributed by atoms with Crippen molar-refractivity contribution in [2.75, 3.05) is 19.6 Å². The molecule has 3 rings (SSSR count). The Balaban J connectivity index is 1.65. The van der Waals surface area contributed by atoms with Crippen LogP contribution in [0.1, 0.15) is 46.7 Å². The summed E-state index contributed by atoms with van der Waals surface area (Å²) in [6.07, 6.45) is 1.19. The van der Waals surface area contributed by atoms with Gasteiger partial charge in [0.15, 0.2) is 0 Å². The van der Waals surface area contributed by atoms with Gasteiger partial charge in [0, 0.05) is 25.2 Å². The number of nitrogens with zero attached hydrogens (tertiary/aromatic N) is 1. The third-order valence-corrected chi connectivity index (χ3v) is 6.26. The van der Waals surface area contributed by atoms with E-state index in [-0.39, 0.29) is 29.5 Å². The van der Waals surface area contributed by atoms with Gasteiger partial charge in [0.25, 0.3) is 11.8 Å². The number of benzene rings is 1. The van der Waals surface area contributed by atoms with Gasteiger partial charge in [-0.3, -0.25) is 14.4 Å². The predicted octanol–water partition coefficient (Wildman–Crippen LogP) is 3.31. The highest BCUT2D eigenvalue weighted by atomic mass is 32.1. The molecule has 0 bridgehead atoms. The summed E-state index contributed by atoms with van der Waals surface area (Å²) in [6.45, 7) is 5.51. The maximum Gasteiger partial charge on any atom is 0.262 e. The van der Waals surface area contributed by atoms with Crippen molar-refractivity contribution in [1.29, 1.82) is 0 Å². The van der Waals surface area contributed by atoms with Crippen LogP contribution in [-0.4, -0.2) is 48.3 Å². The minimum atomic E-state index is -0.656. The van der Waals surface area contributed by atoms with Crippen LogP contribution in [0, 0.1) is 17.7 Å². The number of carbonyl (C=O) groups excluding carboxylic acids is 3. The van der Waals surface area contributed by atoms with Crippen LogP contribution in [0.25, 0.3) is 0 Å². The predicted molar refractivity (Wildman–Crippen MR) is 118 cm³/mol. The van der Waals surface area contributed by atoms with Crippen LogP contribution in [-0.2, 0) is 4.79 Å². The SMILES string of the molecule is CC(C)CNC(=O)[C@H](NC(=O)c1cccs1)C1CCN(C(=O)c2ccc(F)cc2)CC1. The lowest BCUT2D eigenvalue weighted by Crippen LogP contribution is -2.54. The Morgan fingerprint density at radius 1 is 1.13 bits per heavy atom. The van der Waals surface area contributed by atoms with E-state index in [1.165, 1.54) is 35.6 Å². The van der Waals surface area contributed by atoms with Gasteiger partial charge in [-0.2, -0.15) is 0 Å². The summed E-state index contributed by atoms with van der Waals surface area (Å²) in [4.78, 5) is 40.5. The van der Waals surface area contributed by atoms with Crippen molar-refractivity contribution in [3.05, 3.63) is 58.0 Å². The third-order valence-electron chi connectivity index (χ3n) is 5.39. The number of piperidine rings is 1. The number of halogens is 1. The Labute approximate surface area is 185 Å². The zero-order valence-electron chi connectivity index (χ0n) is 17.8. The average molecular weight is 446 g/mol. The minimum Gasteiger partial charge on any atom is -0.354 e. The van der Waals surface area contributed by atoms with Gasteiger partial charge in [-0.1, -0.05) is 19.9 Å². The molecule has 166 valence electrons. The zero-order chi connectivity index (χ0) is 22.4. The molecule has 1 aliphatic heterocycles. The number of hydrogen-bond acceptors (Lipinski definition) is 4. The summed E-state index contributed by atoms with van der Waals surface area (Å²) in [5, 5.41) is 7.66. The third kappa shape index (κ3) is 6.13. The maximum atomic E-state index is 13.1. The lowest BCUT2D eigenvalue weighted by atomic mass is 9.88. The second-order valence-electron chi connectivity index (χ2n) is 8.20. The largest absolute Gasteiger partial charge is 0.354 e. The number of thiophene rings is 1. The molecule has 1 fully saturated rings. The minimum absolute atomic E-state index is 0.0756. The highest BCUT2D eigenvalue weighted by molar-refractivity contribution is 7.12. The van der Waals surface area contributed by atoms with Gasteiger partial charge in [0.1, 0.15) is 11.9 Å². The fourth-order valence-corrected chi connectivity index (χ4v) is 4.27. The molecule has 0 unspecified atom stereocenters. The van der Waals surface area contributed by atoms with Crippen LogP contribution in [0.5, 0.6) is 0 Å². The van der Waals surface area contributed by atoms with Crippen LogP contribution in [0.3, 0.4) is 0 Å². The van der Waals surface area contributed by atoms with E-state index in [1.807, 2.05) is 19.2 Å². The summed E-state index contributed by atoms with van der Waals surface area (Å²) < 4.78 is 13.1. The van der Waals surface area contributed by atoms with Gasteiger partial charge in [0.05, 0.1) is 4.88 Å². The van der Waals surface area contributed by atoms with Crippen LogP contribution in [0.4, 0.5) is 4.39 Å². The summed E-state index contributed by atoms with van der Waals surface area (Å²) in [6, 6.07) is 8.38. The van der Waals surface area contributed by atoms with Gasteiger partial charge in [-0.15, -0.1) is 11.3 Å². The van der Waals surface area contributed by atoms with Crippen molar-refractivity contribution < 1.29 is 18.8 Å². The van der Waals surface area contributed by atoms with E-state index < -0.39 is 6.04 Å². The first kappa shape index (κ1) is 22.9. The maximum absolute atomic E-state index is 13.1. The molecular weight excluding hydrogens is 417 g/mol. The summed E-state index contributed by atoms with van der Waals surface area (Å²) in [5.74, 6) is -0.763. The fourth-order valence-electron chi connectivity index (χ4n) is 3.64. The number of rotatable bonds is 7. The number of hydrogen-bond donors (Lipinski definition) is 2. The van der Waals surface area contributed by atoms with Crippen LogP contribution in [0.15, 0.2) is 41.8 Å². The first-order valence-corrected chi connectivity index (χ1v) is 11.4. The molecule has 8 heteroatoms. The molecule has 2 aromatic rings. The van der Waals surface area contributed by atoms with Gasteiger partial charge >= 0.3 is 0 Å². The van der Waals surface area contributed by atoms with E-state index in [9.17, 15) is 18.8 Å². The molecule has 1 saturated heterocycles. The van der Waals surface area contributed by atoms with Crippen molar-refractivity contribution in [2.45, 2.75) is 32.7 Å². The molecule has 0 radical (unpaired) electrons. The van der Waals surface area contributed by atoms with Crippen LogP contribution in [0.2, 0.25) is 0 Å². The molecule has 3 amide bonds. The van der Waals surface area contributed by atoms with E-state index in [1.54, 1.807) is 17.0 Å². The molecule has 2 N–H and O–H groups in total. The molecule has 31 heavy (non-hydrogen) atoms. The lowest BCUT2D eigenvalue weighted by Gasteiger charge is -2.36. The number of likely N-dealkylation sites (tertiary alicyclic amines) is 1. The molecular formula is C23H28FN3O3S. The van der Waals surface area contributed by atoms with Gasteiger partial charge in [-0.05, 0) is 60.4 Å². The first-order valence-electron chi connectivity index (χ1n) is 10.5. The van der Waals surface area contributed by atoms with Crippen molar-refractivity contribution in [3.8, 4) is 0 Å². The summed E-state index contributed by atoms with van der Waals surface area (Å²) >= 11 is 1.33. The van der Waals surface area contributed by atoms with Crippen molar-refractivity contribution in [3.63, 3.8) is 0 Å². The van der Waals surface area contributed by atoms with E-state index >= 15 is 0 Å². The van der Waals surface area contributed by atoms with Crippen LogP contribution >= 0.6 is 11.3 Å². The smallest absolute Gasteiger partial charge is 0.262 e. The Morgan fingerprint density at radius 2 is 1.81 bits per heavy atom. The topological polar surface area (TPSA) is 78.5 Å². The van der Waals surface area contributed by atoms with E-state index in [2.05, 4.69) is 10.6 Å². The number of carbonyl (C=O) groups is 3. The highest BCUT2D eigenvalue weighted by Gasteiger charge is 2.34. The van der Waals surface area contributed by atoms with Crippen molar-refractivity contribution in [1.82, 2.24) is 15.5 Å². The molecule has 0 spiro atoms. The Morgan fingerprint density at radius 3 is 2.39 bits per heavy atom. The Kier molecular flexibility index (Phi) is 7.79. The molecule has 2 heterocycles. The van der Waals surface area contributed by atoms with Gasteiger partial charge < -0.3 is 15.5 Å². The molecule has 0 saturated carbocycles.